The largest absolute Gasteiger partial charge is 0.508 e. The van der Waals surface area contributed by atoms with Crippen molar-refractivity contribution in [1.82, 2.24) is 9.88 Å². The predicted molar refractivity (Wildman–Crippen MR) is 114 cm³/mol. The van der Waals surface area contributed by atoms with Crippen molar-refractivity contribution in [2.45, 2.75) is 26.4 Å². The lowest BCUT2D eigenvalue weighted by molar-refractivity contribution is 0.0734. The Balaban J connectivity index is 1.46. The molecule has 4 rings (SSSR count). The van der Waals surface area contributed by atoms with E-state index in [1.165, 1.54) is 11.1 Å². The molecule has 0 saturated heterocycles. The van der Waals surface area contributed by atoms with Gasteiger partial charge in [0.1, 0.15) is 5.75 Å². The molecule has 1 amide bonds. The van der Waals surface area contributed by atoms with Crippen molar-refractivity contribution in [1.29, 1.82) is 0 Å². The Morgan fingerprint density at radius 1 is 1.07 bits per heavy atom. The number of hydrogen-bond acceptors (Lipinski definition) is 4. The van der Waals surface area contributed by atoms with E-state index in [-0.39, 0.29) is 11.7 Å². The average Bonchev–Trinajstić information content (AvgIpc) is 2.77. The van der Waals surface area contributed by atoms with Crippen molar-refractivity contribution in [2.75, 3.05) is 18.0 Å². The van der Waals surface area contributed by atoms with Crippen molar-refractivity contribution >= 4 is 11.6 Å². The second kappa shape index (κ2) is 8.35. The molecule has 1 aliphatic heterocycles. The van der Waals surface area contributed by atoms with E-state index in [2.05, 4.69) is 16.8 Å². The SMILES string of the molecule is CCN(Cc1ccncc1)c1ccc(C(=O)N2CCc3ccc(O)cc3C2)cc1. The minimum absolute atomic E-state index is 0.0303. The standard InChI is InChI=1S/C24H25N3O2/c1-2-26(16-18-9-12-25-13-10-18)22-6-3-20(4-7-22)24(29)27-14-11-19-5-8-23(28)15-21(19)17-27/h3-10,12-13,15,28H,2,11,14,16-17H2,1H3. The van der Waals surface area contributed by atoms with Gasteiger partial charge in [-0.2, -0.15) is 0 Å². The number of aromatic nitrogens is 1. The molecule has 148 valence electrons. The predicted octanol–water partition coefficient (Wildman–Crippen LogP) is 4.01. The average molecular weight is 387 g/mol. The van der Waals surface area contributed by atoms with Gasteiger partial charge in [0.15, 0.2) is 0 Å². The number of pyridine rings is 1. The summed E-state index contributed by atoms with van der Waals surface area (Å²) >= 11 is 0. The second-order valence-electron chi connectivity index (χ2n) is 7.35. The van der Waals surface area contributed by atoms with Gasteiger partial charge >= 0.3 is 0 Å². The van der Waals surface area contributed by atoms with Crippen molar-refractivity contribution < 1.29 is 9.90 Å². The van der Waals surface area contributed by atoms with E-state index >= 15 is 0 Å². The van der Waals surface area contributed by atoms with E-state index in [0.29, 0.717) is 18.7 Å². The molecule has 0 radical (unpaired) electrons. The van der Waals surface area contributed by atoms with Crippen LogP contribution in [-0.2, 0) is 19.5 Å². The zero-order valence-corrected chi connectivity index (χ0v) is 16.6. The molecule has 3 aromatic rings. The molecule has 0 aliphatic carbocycles. The second-order valence-corrected chi connectivity index (χ2v) is 7.35. The van der Waals surface area contributed by atoms with Crippen LogP contribution >= 0.6 is 0 Å². The summed E-state index contributed by atoms with van der Waals surface area (Å²) in [5.74, 6) is 0.277. The number of benzene rings is 2. The number of aromatic hydroxyl groups is 1. The van der Waals surface area contributed by atoms with Gasteiger partial charge in [0.2, 0.25) is 0 Å². The Kier molecular flexibility index (Phi) is 5.47. The van der Waals surface area contributed by atoms with Gasteiger partial charge in [-0.05, 0) is 78.6 Å². The van der Waals surface area contributed by atoms with Gasteiger partial charge < -0.3 is 14.9 Å². The Hall–Kier alpha value is -3.34. The number of phenolic OH excluding ortho intramolecular Hbond substituents is 1. The minimum atomic E-state index is 0.0303. The summed E-state index contributed by atoms with van der Waals surface area (Å²) in [7, 11) is 0. The smallest absolute Gasteiger partial charge is 0.254 e. The molecular formula is C24H25N3O2. The molecule has 0 unspecified atom stereocenters. The van der Waals surface area contributed by atoms with Gasteiger partial charge in [-0.1, -0.05) is 6.07 Å². The lowest BCUT2D eigenvalue weighted by atomic mass is 9.99. The number of fused-ring (bicyclic) bond motifs is 1. The van der Waals surface area contributed by atoms with E-state index < -0.39 is 0 Å². The van der Waals surface area contributed by atoms with Crippen molar-refractivity contribution in [2.24, 2.45) is 0 Å². The summed E-state index contributed by atoms with van der Waals surface area (Å²) in [5, 5.41) is 9.73. The van der Waals surface area contributed by atoms with E-state index in [0.717, 1.165) is 30.8 Å². The number of amides is 1. The number of phenols is 1. The first-order valence-corrected chi connectivity index (χ1v) is 9.98. The topological polar surface area (TPSA) is 56.7 Å². The van der Waals surface area contributed by atoms with Gasteiger partial charge in [0.25, 0.3) is 5.91 Å². The molecular weight excluding hydrogens is 362 g/mol. The van der Waals surface area contributed by atoms with Crippen molar-refractivity contribution in [3.05, 3.63) is 89.2 Å². The quantitative estimate of drug-likeness (QED) is 0.719. The summed E-state index contributed by atoms with van der Waals surface area (Å²) < 4.78 is 0. The third-order valence-corrected chi connectivity index (χ3v) is 5.47. The molecule has 0 spiro atoms. The first-order valence-electron chi connectivity index (χ1n) is 9.98. The van der Waals surface area contributed by atoms with Crippen LogP contribution in [0.25, 0.3) is 0 Å². The fraction of sp³-hybridized carbons (Fsp3) is 0.250. The molecule has 0 fully saturated rings. The molecule has 0 atom stereocenters. The third kappa shape index (κ3) is 4.24. The molecule has 1 aliphatic rings. The highest BCUT2D eigenvalue weighted by Crippen LogP contribution is 2.25. The zero-order valence-electron chi connectivity index (χ0n) is 16.6. The van der Waals surface area contributed by atoms with E-state index in [9.17, 15) is 9.90 Å². The first kappa shape index (κ1) is 19.0. The molecule has 5 heteroatoms. The van der Waals surface area contributed by atoms with Crippen LogP contribution < -0.4 is 4.90 Å². The number of hydrogen-bond donors (Lipinski definition) is 1. The van der Waals surface area contributed by atoms with Crippen molar-refractivity contribution in [3.8, 4) is 5.75 Å². The summed E-state index contributed by atoms with van der Waals surface area (Å²) in [5.41, 5.74) is 5.22. The lowest BCUT2D eigenvalue weighted by Crippen LogP contribution is -2.35. The Labute approximate surface area is 171 Å². The van der Waals surface area contributed by atoms with Crippen LogP contribution in [0.2, 0.25) is 0 Å². The molecule has 1 N–H and O–H groups in total. The first-order chi connectivity index (χ1) is 14.1. The third-order valence-electron chi connectivity index (χ3n) is 5.47. The number of anilines is 1. The van der Waals surface area contributed by atoms with Crippen LogP contribution in [-0.4, -0.2) is 34.0 Å². The van der Waals surface area contributed by atoms with Crippen LogP contribution in [0.3, 0.4) is 0 Å². The Bertz CT molecular complexity index is 987. The maximum atomic E-state index is 13.0. The maximum Gasteiger partial charge on any atom is 0.254 e. The number of carbonyl (C=O) groups excluding carboxylic acids is 1. The van der Waals surface area contributed by atoms with Gasteiger partial charge in [-0.15, -0.1) is 0 Å². The van der Waals surface area contributed by atoms with Gasteiger partial charge in [0.05, 0.1) is 0 Å². The van der Waals surface area contributed by atoms with Gasteiger partial charge in [-0.25, -0.2) is 0 Å². The van der Waals surface area contributed by atoms with Crippen LogP contribution in [0, 0.1) is 0 Å². The fourth-order valence-corrected chi connectivity index (χ4v) is 3.81. The van der Waals surface area contributed by atoms with Crippen LogP contribution in [0.15, 0.2) is 67.0 Å². The van der Waals surface area contributed by atoms with Gasteiger partial charge in [-0.3, -0.25) is 9.78 Å². The summed E-state index contributed by atoms with van der Waals surface area (Å²) in [4.78, 5) is 21.2. The minimum Gasteiger partial charge on any atom is -0.508 e. The van der Waals surface area contributed by atoms with Gasteiger partial charge in [0, 0.05) is 49.8 Å². The monoisotopic (exact) mass is 387 g/mol. The lowest BCUT2D eigenvalue weighted by Gasteiger charge is -2.29. The van der Waals surface area contributed by atoms with Crippen LogP contribution in [0.4, 0.5) is 5.69 Å². The molecule has 2 aromatic carbocycles. The van der Waals surface area contributed by atoms with Crippen LogP contribution in [0.5, 0.6) is 5.75 Å². The highest BCUT2D eigenvalue weighted by molar-refractivity contribution is 5.94. The molecule has 2 heterocycles. The molecule has 5 nitrogen and oxygen atoms in total. The summed E-state index contributed by atoms with van der Waals surface area (Å²) in [6, 6.07) is 17.3. The summed E-state index contributed by atoms with van der Waals surface area (Å²) in [6.07, 6.45) is 4.43. The van der Waals surface area contributed by atoms with E-state index in [1.54, 1.807) is 24.5 Å². The Morgan fingerprint density at radius 2 is 1.83 bits per heavy atom. The molecule has 1 aromatic heterocycles. The number of nitrogens with zero attached hydrogens (tertiary/aromatic N) is 3. The number of carbonyl (C=O) groups is 1. The van der Waals surface area contributed by atoms with E-state index in [1.807, 2.05) is 47.4 Å². The highest BCUT2D eigenvalue weighted by atomic mass is 16.3. The zero-order chi connectivity index (χ0) is 20.2. The molecule has 29 heavy (non-hydrogen) atoms. The summed E-state index contributed by atoms with van der Waals surface area (Å²) in [6.45, 7) is 5.04. The maximum absolute atomic E-state index is 13.0. The highest BCUT2D eigenvalue weighted by Gasteiger charge is 2.22. The van der Waals surface area contributed by atoms with Crippen LogP contribution in [0.1, 0.15) is 34.0 Å². The normalized spacial score (nSPS) is 13.1. The molecule has 0 bridgehead atoms. The number of rotatable bonds is 5. The fourth-order valence-electron chi connectivity index (χ4n) is 3.81. The molecule has 0 saturated carbocycles. The van der Waals surface area contributed by atoms with Crippen molar-refractivity contribution in [3.63, 3.8) is 0 Å². The Morgan fingerprint density at radius 3 is 2.55 bits per heavy atom. The van der Waals surface area contributed by atoms with E-state index in [4.69, 9.17) is 0 Å².